The summed E-state index contributed by atoms with van der Waals surface area (Å²) >= 11 is 1.79. The monoisotopic (exact) mass is 283 g/mol. The van der Waals surface area contributed by atoms with Crippen LogP contribution in [-0.4, -0.2) is 38.8 Å². The lowest BCUT2D eigenvalue weighted by Crippen LogP contribution is -2.39. The van der Waals surface area contributed by atoms with Crippen molar-refractivity contribution in [2.45, 2.75) is 26.7 Å². The standard InChI is InChI=1S/C14H25N3OS/c1-4-15-14(16-8-9-18-5-2)17-11-12(3)13-7-6-10-19-13/h6-7,10,12H,4-5,8-9,11H2,1-3H3,(H2,15,16,17). The second-order valence-corrected chi connectivity index (χ2v) is 5.24. The lowest BCUT2D eigenvalue weighted by Gasteiger charge is -2.12. The predicted molar refractivity (Wildman–Crippen MR) is 83.2 cm³/mol. The summed E-state index contributed by atoms with van der Waals surface area (Å²) in [5.41, 5.74) is 0. The minimum Gasteiger partial charge on any atom is -0.380 e. The molecule has 0 saturated carbocycles. The molecule has 19 heavy (non-hydrogen) atoms. The van der Waals surface area contributed by atoms with Crippen molar-refractivity contribution in [1.82, 2.24) is 10.6 Å². The third-order valence-electron chi connectivity index (χ3n) is 2.64. The summed E-state index contributed by atoms with van der Waals surface area (Å²) in [6.07, 6.45) is 0. The minimum atomic E-state index is 0.461. The first-order chi connectivity index (χ1) is 9.27. The number of guanidine groups is 1. The molecule has 0 radical (unpaired) electrons. The molecule has 0 aliphatic heterocycles. The van der Waals surface area contributed by atoms with Crippen LogP contribution in [0.4, 0.5) is 0 Å². The first-order valence-corrected chi connectivity index (χ1v) is 7.79. The molecule has 4 nitrogen and oxygen atoms in total. The first kappa shape index (κ1) is 16.0. The number of nitrogens with one attached hydrogen (secondary N) is 2. The normalized spacial score (nSPS) is 13.3. The Morgan fingerprint density at radius 3 is 2.89 bits per heavy atom. The summed E-state index contributed by atoms with van der Waals surface area (Å²) in [5.74, 6) is 1.33. The summed E-state index contributed by atoms with van der Waals surface area (Å²) < 4.78 is 5.30. The van der Waals surface area contributed by atoms with Crippen molar-refractivity contribution in [3.63, 3.8) is 0 Å². The molecule has 108 valence electrons. The van der Waals surface area contributed by atoms with Crippen molar-refractivity contribution < 1.29 is 4.74 Å². The largest absolute Gasteiger partial charge is 0.380 e. The van der Waals surface area contributed by atoms with Gasteiger partial charge in [0.1, 0.15) is 0 Å². The summed E-state index contributed by atoms with van der Waals surface area (Å²) in [5, 5.41) is 8.63. The van der Waals surface area contributed by atoms with E-state index in [0.29, 0.717) is 12.5 Å². The molecule has 1 heterocycles. The van der Waals surface area contributed by atoms with Crippen LogP contribution < -0.4 is 10.6 Å². The lowest BCUT2D eigenvalue weighted by atomic mass is 10.1. The van der Waals surface area contributed by atoms with Gasteiger partial charge in [-0.2, -0.15) is 0 Å². The van der Waals surface area contributed by atoms with Gasteiger partial charge in [-0.25, -0.2) is 0 Å². The third kappa shape index (κ3) is 6.59. The number of thiophene rings is 1. The Hall–Kier alpha value is -1.07. The van der Waals surface area contributed by atoms with E-state index in [-0.39, 0.29) is 0 Å². The Morgan fingerprint density at radius 1 is 1.42 bits per heavy atom. The van der Waals surface area contributed by atoms with Crippen LogP contribution in [0.1, 0.15) is 31.6 Å². The number of hydrogen-bond donors (Lipinski definition) is 2. The molecule has 1 atom stereocenters. The van der Waals surface area contributed by atoms with E-state index in [1.807, 2.05) is 6.92 Å². The maximum absolute atomic E-state index is 5.30. The van der Waals surface area contributed by atoms with Gasteiger partial charge in [0.05, 0.1) is 13.2 Å². The first-order valence-electron chi connectivity index (χ1n) is 6.91. The van der Waals surface area contributed by atoms with E-state index in [4.69, 9.17) is 4.74 Å². The maximum Gasteiger partial charge on any atom is 0.191 e. The fraction of sp³-hybridized carbons (Fsp3) is 0.643. The quantitative estimate of drug-likeness (QED) is 0.437. The van der Waals surface area contributed by atoms with E-state index in [1.165, 1.54) is 4.88 Å². The zero-order valence-electron chi connectivity index (χ0n) is 12.1. The van der Waals surface area contributed by atoms with Crippen LogP contribution >= 0.6 is 11.3 Å². The van der Waals surface area contributed by atoms with Crippen LogP contribution in [0.15, 0.2) is 22.5 Å². The highest BCUT2D eigenvalue weighted by Crippen LogP contribution is 2.20. The van der Waals surface area contributed by atoms with Gasteiger partial charge in [-0.3, -0.25) is 4.99 Å². The molecule has 0 spiro atoms. The molecule has 0 bridgehead atoms. The van der Waals surface area contributed by atoms with Crippen LogP contribution in [0.5, 0.6) is 0 Å². The Balaban J connectivity index is 2.39. The van der Waals surface area contributed by atoms with Crippen molar-refractivity contribution in [3.05, 3.63) is 22.4 Å². The van der Waals surface area contributed by atoms with E-state index in [0.717, 1.165) is 32.2 Å². The van der Waals surface area contributed by atoms with Crippen LogP contribution in [0, 0.1) is 0 Å². The average Bonchev–Trinajstić information content (AvgIpc) is 2.94. The SMILES string of the molecule is CCNC(=NCC(C)c1cccs1)NCCOCC. The summed E-state index contributed by atoms with van der Waals surface area (Å²) in [6, 6.07) is 4.26. The molecule has 0 aliphatic carbocycles. The van der Waals surface area contributed by atoms with Crippen molar-refractivity contribution in [1.29, 1.82) is 0 Å². The third-order valence-corrected chi connectivity index (χ3v) is 3.74. The predicted octanol–water partition coefficient (Wildman–Crippen LogP) is 2.44. The van der Waals surface area contributed by atoms with Crippen LogP contribution in [0.25, 0.3) is 0 Å². The molecule has 0 amide bonds. The van der Waals surface area contributed by atoms with Gasteiger partial charge in [0.15, 0.2) is 5.96 Å². The highest BCUT2D eigenvalue weighted by atomic mass is 32.1. The van der Waals surface area contributed by atoms with Gasteiger partial charge in [0.2, 0.25) is 0 Å². The summed E-state index contributed by atoms with van der Waals surface area (Å²) in [4.78, 5) is 6.00. The highest BCUT2D eigenvalue weighted by molar-refractivity contribution is 7.10. The Morgan fingerprint density at radius 2 is 2.26 bits per heavy atom. The summed E-state index contributed by atoms with van der Waals surface area (Å²) in [6.45, 7) is 10.2. The van der Waals surface area contributed by atoms with Gasteiger partial charge < -0.3 is 15.4 Å². The zero-order chi connectivity index (χ0) is 13.9. The molecular formula is C14H25N3OS. The van der Waals surface area contributed by atoms with E-state index >= 15 is 0 Å². The van der Waals surface area contributed by atoms with Gasteiger partial charge >= 0.3 is 0 Å². The molecule has 0 aromatic carbocycles. The molecule has 0 fully saturated rings. The van der Waals surface area contributed by atoms with Crippen molar-refractivity contribution in [2.75, 3.05) is 32.8 Å². The van der Waals surface area contributed by atoms with Crippen molar-refractivity contribution in [2.24, 2.45) is 4.99 Å². The number of nitrogens with zero attached hydrogens (tertiary/aromatic N) is 1. The molecule has 1 aromatic heterocycles. The van der Waals surface area contributed by atoms with Crippen molar-refractivity contribution in [3.8, 4) is 0 Å². The molecule has 0 aliphatic rings. The second kappa shape index (κ2) is 9.81. The summed E-state index contributed by atoms with van der Waals surface area (Å²) in [7, 11) is 0. The van der Waals surface area contributed by atoms with E-state index in [2.05, 4.69) is 47.0 Å². The maximum atomic E-state index is 5.30. The average molecular weight is 283 g/mol. The number of rotatable bonds is 8. The highest BCUT2D eigenvalue weighted by Gasteiger charge is 2.06. The lowest BCUT2D eigenvalue weighted by molar-refractivity contribution is 0.152. The molecule has 1 rings (SSSR count). The van der Waals surface area contributed by atoms with Gasteiger partial charge in [-0.05, 0) is 25.3 Å². The van der Waals surface area contributed by atoms with E-state index in [1.54, 1.807) is 11.3 Å². The number of hydrogen-bond acceptors (Lipinski definition) is 3. The molecule has 2 N–H and O–H groups in total. The fourth-order valence-corrected chi connectivity index (χ4v) is 2.40. The van der Waals surface area contributed by atoms with Gasteiger partial charge in [-0.15, -0.1) is 11.3 Å². The van der Waals surface area contributed by atoms with E-state index in [9.17, 15) is 0 Å². The van der Waals surface area contributed by atoms with Gasteiger partial charge in [0.25, 0.3) is 0 Å². The fourth-order valence-electron chi connectivity index (χ4n) is 1.62. The van der Waals surface area contributed by atoms with Gasteiger partial charge in [-0.1, -0.05) is 13.0 Å². The van der Waals surface area contributed by atoms with E-state index < -0.39 is 0 Å². The molecule has 1 unspecified atom stereocenters. The molecule has 5 heteroatoms. The van der Waals surface area contributed by atoms with Crippen molar-refractivity contribution >= 4 is 17.3 Å². The number of aliphatic imine (C=N–C) groups is 1. The zero-order valence-corrected chi connectivity index (χ0v) is 12.9. The Kier molecular flexibility index (Phi) is 8.25. The Bertz CT molecular complexity index is 352. The second-order valence-electron chi connectivity index (χ2n) is 4.26. The van der Waals surface area contributed by atoms with Crippen LogP contribution in [-0.2, 0) is 4.74 Å². The molecule has 0 saturated heterocycles. The minimum absolute atomic E-state index is 0.461. The van der Waals surface area contributed by atoms with Crippen LogP contribution in [0.3, 0.4) is 0 Å². The molecular weight excluding hydrogens is 258 g/mol. The topological polar surface area (TPSA) is 45.7 Å². The van der Waals surface area contributed by atoms with Crippen LogP contribution in [0.2, 0.25) is 0 Å². The smallest absolute Gasteiger partial charge is 0.191 e. The Labute approximate surface area is 120 Å². The number of ether oxygens (including phenoxy) is 1. The molecule has 1 aromatic rings. The van der Waals surface area contributed by atoms with Gasteiger partial charge in [0, 0.05) is 30.5 Å².